The fourth-order valence-electron chi connectivity index (χ4n) is 1.73. The summed E-state index contributed by atoms with van der Waals surface area (Å²) in [5.74, 6) is -0.429. The highest BCUT2D eigenvalue weighted by molar-refractivity contribution is 14.1. The molecule has 0 saturated heterocycles. The lowest BCUT2D eigenvalue weighted by Gasteiger charge is -2.06. The fourth-order valence-corrected chi connectivity index (χ4v) is 2.45. The van der Waals surface area contributed by atoms with Gasteiger partial charge in [0.15, 0.2) is 0 Å². The van der Waals surface area contributed by atoms with E-state index in [0.717, 1.165) is 0 Å². The first-order valence-corrected chi connectivity index (χ1v) is 7.02. The molecular weight excluding hydrogens is 387 g/mol. The summed E-state index contributed by atoms with van der Waals surface area (Å²) in [5.41, 5.74) is 3.51. The van der Waals surface area contributed by atoms with Crippen molar-refractivity contribution in [2.24, 2.45) is 12.1 Å². The summed E-state index contributed by atoms with van der Waals surface area (Å²) in [6.45, 7) is 1.61. The zero-order valence-corrected chi connectivity index (χ0v) is 13.5. The Morgan fingerprint density at radius 1 is 1.43 bits per heavy atom. The highest BCUT2D eigenvalue weighted by Gasteiger charge is 2.15. The van der Waals surface area contributed by atoms with Crippen molar-refractivity contribution in [3.63, 3.8) is 0 Å². The van der Waals surface area contributed by atoms with E-state index in [1.54, 1.807) is 20.2 Å². The molecule has 8 heteroatoms. The molecule has 0 aliphatic rings. The van der Waals surface area contributed by atoms with Crippen molar-refractivity contribution in [1.82, 2.24) is 15.2 Å². The first-order valence-electron chi connectivity index (χ1n) is 5.94. The van der Waals surface area contributed by atoms with Gasteiger partial charge in [-0.05, 0) is 47.7 Å². The van der Waals surface area contributed by atoms with Crippen LogP contribution in [0.3, 0.4) is 0 Å². The highest BCUT2D eigenvalue weighted by atomic mass is 127. The van der Waals surface area contributed by atoms with E-state index < -0.39 is 5.91 Å². The standard InChI is InChI=1S/C13H13IN4O3/c1-7(9-5-8(19)3-4-11(9)20)16-17-13(21)12-10(14)6-15-18(12)2/h3-6,19-20H,1-2H3,(H,17,21)/b16-7-. The number of hydrazone groups is 1. The van der Waals surface area contributed by atoms with Crippen LogP contribution in [0.2, 0.25) is 0 Å². The molecule has 0 bridgehead atoms. The number of nitrogens with zero attached hydrogens (tertiary/aromatic N) is 3. The van der Waals surface area contributed by atoms with Crippen LogP contribution in [0.25, 0.3) is 0 Å². The predicted octanol–water partition coefficient (Wildman–Crippen LogP) is 1.59. The normalized spacial score (nSPS) is 11.5. The molecule has 1 heterocycles. The second-order valence-corrected chi connectivity index (χ2v) is 5.47. The number of rotatable bonds is 3. The monoisotopic (exact) mass is 400 g/mol. The topological polar surface area (TPSA) is 99.7 Å². The van der Waals surface area contributed by atoms with Crippen LogP contribution in [0.4, 0.5) is 0 Å². The number of aryl methyl sites for hydroxylation is 1. The van der Waals surface area contributed by atoms with Gasteiger partial charge in [0.25, 0.3) is 5.91 Å². The number of aromatic hydroxyl groups is 2. The summed E-state index contributed by atoms with van der Waals surface area (Å²) in [4.78, 5) is 12.0. The Morgan fingerprint density at radius 2 is 2.14 bits per heavy atom. The van der Waals surface area contributed by atoms with Gasteiger partial charge < -0.3 is 10.2 Å². The summed E-state index contributed by atoms with van der Waals surface area (Å²) in [5, 5.41) is 27.1. The molecule has 0 fully saturated rings. The Balaban J connectivity index is 2.21. The molecule has 0 saturated carbocycles. The molecule has 1 aromatic heterocycles. The Bertz CT molecular complexity index is 705. The molecule has 3 N–H and O–H groups in total. The average molecular weight is 400 g/mol. The Hall–Kier alpha value is -2.10. The number of phenolic OH excluding ortho intramolecular Hbond substituents is 2. The summed E-state index contributed by atoms with van der Waals surface area (Å²) < 4.78 is 2.16. The number of carbonyl (C=O) groups excluding carboxylic acids is 1. The van der Waals surface area contributed by atoms with Crippen LogP contribution in [-0.4, -0.2) is 31.6 Å². The number of halogens is 1. The first kappa shape index (κ1) is 15.3. The second kappa shape index (κ2) is 6.12. The molecule has 2 rings (SSSR count). The predicted molar refractivity (Wildman–Crippen MR) is 85.4 cm³/mol. The molecule has 1 amide bonds. The van der Waals surface area contributed by atoms with E-state index in [0.29, 0.717) is 20.5 Å². The van der Waals surface area contributed by atoms with Crippen molar-refractivity contribution in [3.05, 3.63) is 39.2 Å². The lowest BCUT2D eigenvalue weighted by molar-refractivity contribution is 0.0944. The average Bonchev–Trinajstić information content (AvgIpc) is 2.78. The second-order valence-electron chi connectivity index (χ2n) is 4.30. The smallest absolute Gasteiger partial charge is 0.290 e. The number of nitrogens with one attached hydrogen (secondary N) is 1. The molecule has 110 valence electrons. The molecule has 1 aromatic carbocycles. The number of hydrogen-bond acceptors (Lipinski definition) is 5. The third kappa shape index (κ3) is 3.32. The number of hydrogen-bond donors (Lipinski definition) is 3. The molecular formula is C13H13IN4O3. The minimum absolute atomic E-state index is 0.00450. The van der Waals surface area contributed by atoms with Crippen molar-refractivity contribution < 1.29 is 15.0 Å². The van der Waals surface area contributed by atoms with Crippen molar-refractivity contribution in [1.29, 1.82) is 0 Å². The number of aromatic nitrogens is 2. The molecule has 21 heavy (non-hydrogen) atoms. The zero-order valence-electron chi connectivity index (χ0n) is 11.3. The molecule has 0 spiro atoms. The summed E-state index contributed by atoms with van der Waals surface area (Å²) in [6.07, 6.45) is 1.58. The Kier molecular flexibility index (Phi) is 4.46. The zero-order chi connectivity index (χ0) is 15.6. The molecule has 0 unspecified atom stereocenters. The van der Waals surface area contributed by atoms with Crippen molar-refractivity contribution in [2.75, 3.05) is 0 Å². The summed E-state index contributed by atoms with van der Waals surface area (Å²) in [7, 11) is 1.66. The van der Waals surface area contributed by atoms with E-state index in [1.165, 1.54) is 22.9 Å². The van der Waals surface area contributed by atoms with Gasteiger partial charge in [-0.2, -0.15) is 10.2 Å². The Labute approximate surface area is 134 Å². The van der Waals surface area contributed by atoms with Crippen LogP contribution < -0.4 is 5.43 Å². The van der Waals surface area contributed by atoms with Gasteiger partial charge in [-0.25, -0.2) is 5.43 Å². The largest absolute Gasteiger partial charge is 0.508 e. The summed E-state index contributed by atoms with van der Waals surface area (Å²) >= 11 is 2.01. The quantitative estimate of drug-likeness (QED) is 0.315. The molecule has 0 atom stereocenters. The van der Waals surface area contributed by atoms with Crippen molar-refractivity contribution in [2.45, 2.75) is 6.92 Å². The number of amides is 1. The van der Waals surface area contributed by atoms with Crippen LogP contribution in [0.15, 0.2) is 29.5 Å². The van der Waals surface area contributed by atoms with Crippen molar-refractivity contribution >= 4 is 34.2 Å². The van der Waals surface area contributed by atoms with Crippen LogP contribution in [-0.2, 0) is 7.05 Å². The SMILES string of the molecule is C/C(=N/NC(=O)c1c(I)cnn1C)c1cc(O)ccc1O. The molecule has 0 aliphatic carbocycles. The van der Waals surface area contributed by atoms with Gasteiger partial charge in [-0.3, -0.25) is 9.48 Å². The van der Waals surface area contributed by atoms with Gasteiger partial charge >= 0.3 is 0 Å². The number of phenols is 2. The molecule has 2 aromatic rings. The maximum Gasteiger partial charge on any atom is 0.290 e. The van der Waals surface area contributed by atoms with Gasteiger partial charge in [0.2, 0.25) is 0 Å². The van der Waals surface area contributed by atoms with E-state index >= 15 is 0 Å². The van der Waals surface area contributed by atoms with E-state index in [2.05, 4.69) is 15.6 Å². The van der Waals surface area contributed by atoms with Crippen LogP contribution in [0.5, 0.6) is 11.5 Å². The van der Waals surface area contributed by atoms with Gasteiger partial charge in [0.05, 0.1) is 15.5 Å². The Morgan fingerprint density at radius 3 is 2.76 bits per heavy atom. The maximum atomic E-state index is 12.0. The van der Waals surface area contributed by atoms with Crippen LogP contribution >= 0.6 is 22.6 Å². The lowest BCUT2D eigenvalue weighted by atomic mass is 10.1. The van der Waals surface area contributed by atoms with Gasteiger partial charge in [0, 0.05) is 12.6 Å². The van der Waals surface area contributed by atoms with E-state index in [-0.39, 0.29) is 11.5 Å². The molecule has 0 radical (unpaired) electrons. The van der Waals surface area contributed by atoms with Gasteiger partial charge in [-0.15, -0.1) is 0 Å². The van der Waals surface area contributed by atoms with Crippen LogP contribution in [0, 0.1) is 3.57 Å². The molecule has 7 nitrogen and oxygen atoms in total. The highest BCUT2D eigenvalue weighted by Crippen LogP contribution is 2.22. The van der Waals surface area contributed by atoms with E-state index in [4.69, 9.17) is 0 Å². The van der Waals surface area contributed by atoms with E-state index in [9.17, 15) is 15.0 Å². The first-order chi connectivity index (χ1) is 9.90. The minimum atomic E-state index is -0.404. The third-order valence-electron chi connectivity index (χ3n) is 2.80. The van der Waals surface area contributed by atoms with Crippen LogP contribution in [0.1, 0.15) is 23.0 Å². The fraction of sp³-hybridized carbons (Fsp3) is 0.154. The van der Waals surface area contributed by atoms with Gasteiger partial charge in [0.1, 0.15) is 17.2 Å². The van der Waals surface area contributed by atoms with Gasteiger partial charge in [-0.1, -0.05) is 0 Å². The molecule has 0 aliphatic heterocycles. The van der Waals surface area contributed by atoms with E-state index in [1.807, 2.05) is 22.6 Å². The lowest BCUT2D eigenvalue weighted by Crippen LogP contribution is -2.23. The summed E-state index contributed by atoms with van der Waals surface area (Å²) in [6, 6.07) is 4.09. The third-order valence-corrected chi connectivity index (χ3v) is 3.59. The maximum absolute atomic E-state index is 12.0. The number of carbonyl (C=O) groups is 1. The van der Waals surface area contributed by atoms with Crippen molar-refractivity contribution in [3.8, 4) is 11.5 Å². The minimum Gasteiger partial charge on any atom is -0.508 e. The number of benzene rings is 1.